The highest BCUT2D eigenvalue weighted by molar-refractivity contribution is 5.96. The molecule has 0 unspecified atom stereocenters. The summed E-state index contributed by atoms with van der Waals surface area (Å²) in [5.41, 5.74) is 1.10. The van der Waals surface area contributed by atoms with Crippen LogP contribution in [0.2, 0.25) is 0 Å². The Morgan fingerprint density at radius 3 is 2.83 bits per heavy atom. The van der Waals surface area contributed by atoms with Crippen molar-refractivity contribution in [3.8, 4) is 0 Å². The zero-order chi connectivity index (χ0) is 13.0. The van der Waals surface area contributed by atoms with Gasteiger partial charge in [0.15, 0.2) is 0 Å². The maximum absolute atomic E-state index is 11.5. The zero-order valence-electron chi connectivity index (χ0n) is 9.88. The van der Waals surface area contributed by atoms with Gasteiger partial charge < -0.3 is 14.8 Å². The van der Waals surface area contributed by atoms with Crippen LogP contribution in [0.4, 0.5) is 0 Å². The average molecular weight is 247 g/mol. The Bertz CT molecular complexity index is 481. The van der Waals surface area contributed by atoms with E-state index < -0.39 is 11.9 Å². The smallest absolute Gasteiger partial charge is 0.354 e. The van der Waals surface area contributed by atoms with Crippen molar-refractivity contribution in [2.75, 3.05) is 13.7 Å². The average Bonchev–Trinajstić information content (AvgIpc) is 2.42. The van der Waals surface area contributed by atoms with Crippen LogP contribution in [-0.4, -0.2) is 25.7 Å². The molecule has 2 rings (SSSR count). The molecule has 1 aliphatic rings. The van der Waals surface area contributed by atoms with Crippen LogP contribution in [0.15, 0.2) is 42.1 Å². The lowest BCUT2D eigenvalue weighted by atomic mass is 10.1. The van der Waals surface area contributed by atoms with E-state index in [2.05, 4.69) is 10.1 Å². The molecule has 0 saturated carbocycles. The van der Waals surface area contributed by atoms with E-state index in [0.717, 1.165) is 11.6 Å². The minimum atomic E-state index is -0.594. The van der Waals surface area contributed by atoms with Gasteiger partial charge in [-0.3, -0.25) is 0 Å². The van der Waals surface area contributed by atoms with Crippen LogP contribution in [0.1, 0.15) is 11.6 Å². The number of morpholine rings is 1. The van der Waals surface area contributed by atoms with Crippen molar-refractivity contribution < 1.29 is 19.1 Å². The standard InChI is InChI=1S/C13H13NO4/c1-17-12(15)7-10-13(16)18-8-11(14-10)9-5-3-2-4-6-9/h2-7,11,14H,8H2,1H3/b10-7-/t11-/m0/s1. The molecule has 0 amide bonds. The van der Waals surface area contributed by atoms with Gasteiger partial charge in [0.2, 0.25) is 0 Å². The Kier molecular flexibility index (Phi) is 3.62. The molecular weight excluding hydrogens is 234 g/mol. The summed E-state index contributed by atoms with van der Waals surface area (Å²) in [6, 6.07) is 9.40. The Morgan fingerprint density at radius 1 is 1.44 bits per heavy atom. The van der Waals surface area contributed by atoms with Gasteiger partial charge in [-0.05, 0) is 5.56 Å². The van der Waals surface area contributed by atoms with E-state index in [1.54, 1.807) is 0 Å². The fourth-order valence-electron chi connectivity index (χ4n) is 1.67. The molecule has 1 aliphatic heterocycles. The van der Waals surface area contributed by atoms with Gasteiger partial charge >= 0.3 is 11.9 Å². The number of esters is 2. The lowest BCUT2D eigenvalue weighted by molar-refractivity contribution is -0.144. The summed E-state index contributed by atoms with van der Waals surface area (Å²) in [5, 5.41) is 2.97. The summed E-state index contributed by atoms with van der Waals surface area (Å²) < 4.78 is 9.50. The molecule has 5 nitrogen and oxygen atoms in total. The molecule has 1 N–H and O–H groups in total. The quantitative estimate of drug-likeness (QED) is 0.622. The second-order valence-corrected chi connectivity index (χ2v) is 3.79. The molecule has 0 aromatic heterocycles. The molecule has 94 valence electrons. The van der Waals surface area contributed by atoms with Gasteiger partial charge in [-0.2, -0.15) is 0 Å². The number of carbonyl (C=O) groups is 2. The fraction of sp³-hybridized carbons (Fsp3) is 0.231. The zero-order valence-corrected chi connectivity index (χ0v) is 9.88. The third-order valence-corrected chi connectivity index (χ3v) is 2.60. The molecular formula is C13H13NO4. The normalized spacial score (nSPS) is 21.1. The lowest BCUT2D eigenvalue weighted by Crippen LogP contribution is -2.36. The number of nitrogens with one attached hydrogen (secondary N) is 1. The predicted molar refractivity (Wildman–Crippen MR) is 63.4 cm³/mol. The number of methoxy groups -OCH3 is 1. The summed E-state index contributed by atoms with van der Waals surface area (Å²) in [6.45, 7) is 0.237. The first-order valence-electron chi connectivity index (χ1n) is 5.49. The maximum Gasteiger partial charge on any atom is 0.354 e. The Balaban J connectivity index is 2.17. The molecule has 0 aliphatic carbocycles. The Morgan fingerprint density at radius 2 is 2.17 bits per heavy atom. The van der Waals surface area contributed by atoms with Crippen LogP contribution < -0.4 is 5.32 Å². The van der Waals surface area contributed by atoms with Crippen LogP contribution in [-0.2, 0) is 19.1 Å². The van der Waals surface area contributed by atoms with Crippen LogP contribution in [0.5, 0.6) is 0 Å². The van der Waals surface area contributed by atoms with Crippen LogP contribution in [0.25, 0.3) is 0 Å². The van der Waals surface area contributed by atoms with Crippen molar-refractivity contribution in [2.24, 2.45) is 0 Å². The summed E-state index contributed by atoms with van der Waals surface area (Å²) in [7, 11) is 1.25. The number of ether oxygens (including phenoxy) is 2. The van der Waals surface area contributed by atoms with E-state index in [1.165, 1.54) is 7.11 Å². The van der Waals surface area contributed by atoms with Crippen molar-refractivity contribution in [1.82, 2.24) is 5.32 Å². The molecule has 0 bridgehead atoms. The van der Waals surface area contributed by atoms with Crippen molar-refractivity contribution in [1.29, 1.82) is 0 Å². The van der Waals surface area contributed by atoms with Gasteiger partial charge in [0.05, 0.1) is 19.2 Å². The van der Waals surface area contributed by atoms with E-state index in [-0.39, 0.29) is 18.3 Å². The highest BCUT2D eigenvalue weighted by Gasteiger charge is 2.25. The summed E-state index contributed by atoms with van der Waals surface area (Å²) in [6.07, 6.45) is 1.09. The van der Waals surface area contributed by atoms with E-state index >= 15 is 0 Å². The van der Waals surface area contributed by atoms with Crippen molar-refractivity contribution in [3.63, 3.8) is 0 Å². The SMILES string of the molecule is COC(=O)/C=C1\N[C@H](c2ccccc2)COC1=O. The first-order chi connectivity index (χ1) is 8.70. The van der Waals surface area contributed by atoms with Gasteiger partial charge in [0.25, 0.3) is 0 Å². The molecule has 1 saturated heterocycles. The topological polar surface area (TPSA) is 64.6 Å². The third-order valence-electron chi connectivity index (χ3n) is 2.60. The van der Waals surface area contributed by atoms with E-state index in [0.29, 0.717) is 0 Å². The van der Waals surface area contributed by atoms with E-state index in [4.69, 9.17) is 4.74 Å². The van der Waals surface area contributed by atoms with Crippen LogP contribution >= 0.6 is 0 Å². The minimum Gasteiger partial charge on any atom is -0.466 e. The molecule has 5 heteroatoms. The van der Waals surface area contributed by atoms with Gasteiger partial charge in [0.1, 0.15) is 12.3 Å². The molecule has 18 heavy (non-hydrogen) atoms. The number of rotatable bonds is 2. The second kappa shape index (κ2) is 5.35. The number of carbonyl (C=O) groups excluding carboxylic acids is 2. The summed E-state index contributed by atoms with van der Waals surface area (Å²) >= 11 is 0. The van der Waals surface area contributed by atoms with Gasteiger partial charge in [-0.1, -0.05) is 30.3 Å². The van der Waals surface area contributed by atoms with Gasteiger partial charge in [-0.25, -0.2) is 9.59 Å². The van der Waals surface area contributed by atoms with Crippen molar-refractivity contribution in [3.05, 3.63) is 47.7 Å². The predicted octanol–water partition coefficient (Wildman–Crippen LogP) is 0.931. The molecule has 1 aromatic carbocycles. The minimum absolute atomic E-state index is 0.113. The van der Waals surface area contributed by atoms with Gasteiger partial charge in [0, 0.05) is 0 Å². The third kappa shape index (κ3) is 2.68. The molecule has 1 heterocycles. The first kappa shape index (κ1) is 12.2. The summed E-state index contributed by atoms with van der Waals surface area (Å²) in [5.74, 6) is -1.14. The highest BCUT2D eigenvalue weighted by Crippen LogP contribution is 2.19. The lowest BCUT2D eigenvalue weighted by Gasteiger charge is -2.26. The number of benzene rings is 1. The molecule has 0 spiro atoms. The fourth-order valence-corrected chi connectivity index (χ4v) is 1.67. The molecule has 0 radical (unpaired) electrons. The number of cyclic esters (lactones) is 1. The second-order valence-electron chi connectivity index (χ2n) is 3.79. The van der Waals surface area contributed by atoms with Crippen molar-refractivity contribution >= 4 is 11.9 Å². The molecule has 1 atom stereocenters. The summed E-state index contributed by atoms with van der Waals surface area (Å²) in [4.78, 5) is 22.6. The molecule has 1 fully saturated rings. The van der Waals surface area contributed by atoms with Crippen LogP contribution in [0, 0.1) is 0 Å². The van der Waals surface area contributed by atoms with Crippen LogP contribution in [0.3, 0.4) is 0 Å². The monoisotopic (exact) mass is 247 g/mol. The highest BCUT2D eigenvalue weighted by atomic mass is 16.5. The number of hydrogen-bond donors (Lipinski definition) is 1. The largest absolute Gasteiger partial charge is 0.466 e. The Labute approximate surface area is 104 Å². The van der Waals surface area contributed by atoms with Crippen molar-refractivity contribution in [2.45, 2.75) is 6.04 Å². The molecule has 1 aromatic rings. The maximum atomic E-state index is 11.5. The first-order valence-corrected chi connectivity index (χ1v) is 5.49. The van der Waals surface area contributed by atoms with Gasteiger partial charge in [-0.15, -0.1) is 0 Å². The number of hydrogen-bond acceptors (Lipinski definition) is 5. The van der Waals surface area contributed by atoms with E-state index in [9.17, 15) is 9.59 Å². The van der Waals surface area contributed by atoms with E-state index in [1.807, 2.05) is 30.3 Å². The Hall–Kier alpha value is -2.30.